The van der Waals surface area contributed by atoms with Crippen molar-refractivity contribution in [2.75, 3.05) is 24.3 Å². The highest BCUT2D eigenvalue weighted by Gasteiger charge is 2.09. The number of carbonyl (C=O) groups is 1. The van der Waals surface area contributed by atoms with Crippen molar-refractivity contribution in [3.05, 3.63) is 77.2 Å². The molecule has 1 heterocycles. The zero-order chi connectivity index (χ0) is 19.2. The summed E-state index contributed by atoms with van der Waals surface area (Å²) in [4.78, 5) is 22.7. The molecule has 0 radical (unpaired) electrons. The summed E-state index contributed by atoms with van der Waals surface area (Å²) < 4.78 is 0. The predicted octanol–water partition coefficient (Wildman–Crippen LogP) is 3.87. The Morgan fingerprint density at radius 2 is 1.78 bits per heavy atom. The van der Waals surface area contributed by atoms with Crippen LogP contribution in [0.1, 0.15) is 16.1 Å². The lowest BCUT2D eigenvalue weighted by Crippen LogP contribution is -2.24. The fourth-order valence-corrected chi connectivity index (χ4v) is 2.61. The number of aromatic nitrogens is 2. The van der Waals surface area contributed by atoms with Crippen LogP contribution in [0.25, 0.3) is 0 Å². The van der Waals surface area contributed by atoms with Crippen LogP contribution in [0.3, 0.4) is 0 Å². The molecule has 0 fully saturated rings. The number of anilines is 3. The number of amides is 1. The van der Waals surface area contributed by atoms with E-state index in [1.54, 1.807) is 6.07 Å². The quantitative estimate of drug-likeness (QED) is 0.678. The number of benzene rings is 2. The number of carbonyl (C=O) groups excluding carboxylic acids is 1. The standard InChI is InChI=1S/C20H20ClN5O/c1-26(2)16-9-7-15(8-10-16)25-19-13-22-18(12-23-19)20(27)24-11-14-5-3-4-6-17(14)21/h3-10,12-13H,11H2,1-2H3,(H,23,25)(H,24,27). The second kappa shape index (κ2) is 8.51. The number of nitrogens with one attached hydrogen (secondary N) is 2. The molecule has 0 saturated carbocycles. The number of hydrogen-bond donors (Lipinski definition) is 2. The Morgan fingerprint density at radius 1 is 1.04 bits per heavy atom. The van der Waals surface area contributed by atoms with Gasteiger partial charge in [0.1, 0.15) is 11.5 Å². The average Bonchev–Trinajstić information content (AvgIpc) is 2.68. The third-order valence-electron chi connectivity index (χ3n) is 3.94. The van der Waals surface area contributed by atoms with E-state index in [1.165, 1.54) is 12.4 Å². The zero-order valence-corrected chi connectivity index (χ0v) is 15.9. The van der Waals surface area contributed by atoms with Crippen molar-refractivity contribution in [3.63, 3.8) is 0 Å². The summed E-state index contributed by atoms with van der Waals surface area (Å²) in [7, 11) is 3.98. The van der Waals surface area contributed by atoms with Crippen LogP contribution in [0, 0.1) is 0 Å². The Kier molecular flexibility index (Phi) is 5.88. The van der Waals surface area contributed by atoms with Crippen molar-refractivity contribution < 1.29 is 4.79 Å². The molecule has 3 aromatic rings. The summed E-state index contributed by atoms with van der Waals surface area (Å²) >= 11 is 6.09. The van der Waals surface area contributed by atoms with Gasteiger partial charge in [-0.1, -0.05) is 29.8 Å². The molecular weight excluding hydrogens is 362 g/mol. The first-order valence-electron chi connectivity index (χ1n) is 8.41. The molecule has 6 nitrogen and oxygen atoms in total. The van der Waals surface area contributed by atoms with E-state index in [-0.39, 0.29) is 11.6 Å². The molecular formula is C20H20ClN5O. The van der Waals surface area contributed by atoms with Crippen molar-refractivity contribution in [1.29, 1.82) is 0 Å². The molecule has 7 heteroatoms. The van der Waals surface area contributed by atoms with E-state index in [4.69, 9.17) is 11.6 Å². The molecule has 0 spiro atoms. The zero-order valence-electron chi connectivity index (χ0n) is 15.1. The van der Waals surface area contributed by atoms with Gasteiger partial charge in [-0.05, 0) is 35.9 Å². The Hall–Kier alpha value is -3.12. The normalized spacial score (nSPS) is 10.3. The van der Waals surface area contributed by atoms with Crippen molar-refractivity contribution in [2.45, 2.75) is 6.54 Å². The largest absolute Gasteiger partial charge is 0.378 e. The number of hydrogen-bond acceptors (Lipinski definition) is 5. The molecule has 0 aliphatic carbocycles. The van der Waals surface area contributed by atoms with Gasteiger partial charge in [-0.15, -0.1) is 0 Å². The Bertz CT molecular complexity index is 910. The van der Waals surface area contributed by atoms with E-state index in [1.807, 2.05) is 61.5 Å². The molecule has 138 valence electrons. The highest BCUT2D eigenvalue weighted by Crippen LogP contribution is 2.18. The number of nitrogens with zero attached hydrogens (tertiary/aromatic N) is 3. The van der Waals surface area contributed by atoms with Gasteiger partial charge in [0.05, 0.1) is 12.4 Å². The fraction of sp³-hybridized carbons (Fsp3) is 0.150. The van der Waals surface area contributed by atoms with Crippen molar-refractivity contribution >= 4 is 34.7 Å². The highest BCUT2D eigenvalue weighted by atomic mass is 35.5. The summed E-state index contributed by atoms with van der Waals surface area (Å²) in [5.74, 6) is 0.263. The maximum Gasteiger partial charge on any atom is 0.271 e. The molecule has 0 aliphatic heterocycles. The van der Waals surface area contributed by atoms with Gasteiger partial charge in [0.15, 0.2) is 0 Å². The Labute approximate surface area is 163 Å². The van der Waals surface area contributed by atoms with Gasteiger partial charge in [-0.3, -0.25) is 4.79 Å². The molecule has 0 bridgehead atoms. The molecule has 1 amide bonds. The van der Waals surface area contributed by atoms with Crippen LogP contribution in [0.5, 0.6) is 0 Å². The molecule has 2 N–H and O–H groups in total. The van der Waals surface area contributed by atoms with Crippen LogP contribution >= 0.6 is 11.6 Å². The monoisotopic (exact) mass is 381 g/mol. The third kappa shape index (κ3) is 4.95. The summed E-state index contributed by atoms with van der Waals surface area (Å²) in [6.07, 6.45) is 2.97. The van der Waals surface area contributed by atoms with Gasteiger partial charge >= 0.3 is 0 Å². The highest BCUT2D eigenvalue weighted by molar-refractivity contribution is 6.31. The van der Waals surface area contributed by atoms with E-state index in [0.29, 0.717) is 17.4 Å². The lowest BCUT2D eigenvalue weighted by Gasteiger charge is -2.13. The molecule has 0 aliphatic rings. The van der Waals surface area contributed by atoms with Crippen molar-refractivity contribution in [3.8, 4) is 0 Å². The smallest absolute Gasteiger partial charge is 0.271 e. The topological polar surface area (TPSA) is 70.2 Å². The van der Waals surface area contributed by atoms with E-state index in [2.05, 4.69) is 20.6 Å². The minimum absolute atomic E-state index is 0.246. The fourth-order valence-electron chi connectivity index (χ4n) is 2.41. The van der Waals surface area contributed by atoms with E-state index in [9.17, 15) is 4.79 Å². The van der Waals surface area contributed by atoms with Crippen LogP contribution in [0.15, 0.2) is 60.9 Å². The lowest BCUT2D eigenvalue weighted by molar-refractivity contribution is 0.0945. The second-order valence-corrected chi connectivity index (χ2v) is 6.53. The predicted molar refractivity (Wildman–Crippen MR) is 109 cm³/mol. The van der Waals surface area contributed by atoms with Crippen LogP contribution in [-0.4, -0.2) is 30.0 Å². The first-order chi connectivity index (χ1) is 13.0. The lowest BCUT2D eigenvalue weighted by atomic mass is 10.2. The van der Waals surface area contributed by atoms with Gasteiger partial charge in [-0.2, -0.15) is 0 Å². The maximum absolute atomic E-state index is 12.2. The second-order valence-electron chi connectivity index (χ2n) is 6.13. The maximum atomic E-state index is 12.2. The number of rotatable bonds is 6. The van der Waals surface area contributed by atoms with E-state index in [0.717, 1.165) is 16.9 Å². The molecule has 1 aromatic heterocycles. The Balaban J connectivity index is 1.59. The van der Waals surface area contributed by atoms with E-state index < -0.39 is 0 Å². The molecule has 3 rings (SSSR count). The SMILES string of the molecule is CN(C)c1ccc(Nc2cnc(C(=O)NCc3ccccc3Cl)cn2)cc1. The van der Waals surface area contributed by atoms with Gasteiger partial charge in [0.25, 0.3) is 5.91 Å². The van der Waals surface area contributed by atoms with Gasteiger partial charge in [0.2, 0.25) is 0 Å². The van der Waals surface area contributed by atoms with Gasteiger partial charge in [0, 0.05) is 37.0 Å². The molecule has 0 atom stereocenters. The summed E-state index contributed by atoms with van der Waals surface area (Å²) in [6, 6.07) is 15.3. The number of halogens is 1. The average molecular weight is 382 g/mol. The van der Waals surface area contributed by atoms with Crippen LogP contribution in [0.4, 0.5) is 17.2 Å². The minimum atomic E-state index is -0.302. The van der Waals surface area contributed by atoms with Crippen LogP contribution < -0.4 is 15.5 Å². The summed E-state index contributed by atoms with van der Waals surface area (Å²) in [5.41, 5.74) is 3.10. The Morgan fingerprint density at radius 3 is 2.41 bits per heavy atom. The third-order valence-corrected chi connectivity index (χ3v) is 4.31. The van der Waals surface area contributed by atoms with E-state index >= 15 is 0 Å². The van der Waals surface area contributed by atoms with Crippen molar-refractivity contribution in [1.82, 2.24) is 15.3 Å². The van der Waals surface area contributed by atoms with Crippen molar-refractivity contribution in [2.24, 2.45) is 0 Å². The van der Waals surface area contributed by atoms with Gasteiger partial charge < -0.3 is 15.5 Å². The van der Waals surface area contributed by atoms with Gasteiger partial charge in [-0.25, -0.2) is 9.97 Å². The van der Waals surface area contributed by atoms with Crippen LogP contribution in [0.2, 0.25) is 5.02 Å². The molecule has 0 saturated heterocycles. The first kappa shape index (κ1) is 18.7. The molecule has 27 heavy (non-hydrogen) atoms. The summed E-state index contributed by atoms with van der Waals surface area (Å²) in [6.45, 7) is 0.332. The minimum Gasteiger partial charge on any atom is -0.378 e. The summed E-state index contributed by atoms with van der Waals surface area (Å²) in [5, 5.41) is 6.57. The first-order valence-corrected chi connectivity index (χ1v) is 8.79. The molecule has 0 unspecified atom stereocenters. The molecule has 2 aromatic carbocycles. The van der Waals surface area contributed by atoms with Crippen LogP contribution in [-0.2, 0) is 6.54 Å².